The van der Waals surface area contributed by atoms with Gasteiger partial charge in [0.25, 0.3) is 0 Å². The summed E-state index contributed by atoms with van der Waals surface area (Å²) >= 11 is 0. The van der Waals surface area contributed by atoms with E-state index in [0.29, 0.717) is 6.61 Å². The minimum Gasteiger partial charge on any atom is -0.396 e. The standard InChI is InChI=1S/C11H18N2O/c12-8-13-4-1-9(2-5-13)11-7-10(11)3-6-14/h9-11,14H,1-7H2/t10?,11-/m1/s1. The molecule has 3 nitrogen and oxygen atoms in total. The predicted octanol–water partition coefficient (Wildman–Crippen LogP) is 1.20. The van der Waals surface area contributed by atoms with Crippen molar-refractivity contribution in [1.82, 2.24) is 4.90 Å². The molecule has 0 aromatic carbocycles. The van der Waals surface area contributed by atoms with E-state index in [-0.39, 0.29) is 0 Å². The number of piperidine rings is 1. The fourth-order valence-corrected chi connectivity index (χ4v) is 2.77. The fraction of sp³-hybridized carbons (Fsp3) is 0.909. The molecular weight excluding hydrogens is 176 g/mol. The minimum atomic E-state index is 0.345. The number of aliphatic hydroxyl groups excluding tert-OH is 1. The molecular formula is C11H18N2O. The van der Waals surface area contributed by atoms with Gasteiger partial charge in [-0.25, -0.2) is 0 Å². The number of hydrogen-bond acceptors (Lipinski definition) is 3. The van der Waals surface area contributed by atoms with Crippen molar-refractivity contribution in [1.29, 1.82) is 5.26 Å². The summed E-state index contributed by atoms with van der Waals surface area (Å²) in [6, 6.07) is 0. The maximum absolute atomic E-state index is 8.82. The van der Waals surface area contributed by atoms with Crippen LogP contribution in [0, 0.1) is 29.2 Å². The van der Waals surface area contributed by atoms with Crippen molar-refractivity contribution in [2.45, 2.75) is 25.7 Å². The molecule has 0 bridgehead atoms. The van der Waals surface area contributed by atoms with Crippen molar-refractivity contribution in [3.63, 3.8) is 0 Å². The molecule has 2 fully saturated rings. The summed E-state index contributed by atoms with van der Waals surface area (Å²) < 4.78 is 0. The molecule has 2 atom stereocenters. The van der Waals surface area contributed by atoms with Crippen LogP contribution in [0.5, 0.6) is 0 Å². The number of rotatable bonds is 3. The van der Waals surface area contributed by atoms with Crippen molar-refractivity contribution in [3.8, 4) is 6.19 Å². The Morgan fingerprint density at radius 2 is 2.07 bits per heavy atom. The highest BCUT2D eigenvalue weighted by Crippen LogP contribution is 2.49. The normalized spacial score (nSPS) is 32.7. The quantitative estimate of drug-likeness (QED) is 0.687. The van der Waals surface area contributed by atoms with Crippen molar-refractivity contribution in [3.05, 3.63) is 0 Å². The van der Waals surface area contributed by atoms with E-state index in [1.54, 1.807) is 0 Å². The molecule has 1 aliphatic heterocycles. The largest absolute Gasteiger partial charge is 0.396 e. The van der Waals surface area contributed by atoms with Crippen LogP contribution < -0.4 is 0 Å². The Morgan fingerprint density at radius 1 is 1.36 bits per heavy atom. The van der Waals surface area contributed by atoms with Crippen LogP contribution in [-0.4, -0.2) is 29.7 Å². The molecule has 0 aromatic heterocycles. The van der Waals surface area contributed by atoms with Crippen molar-refractivity contribution >= 4 is 0 Å². The maximum atomic E-state index is 8.82. The van der Waals surface area contributed by atoms with Crippen molar-refractivity contribution in [2.24, 2.45) is 17.8 Å². The van der Waals surface area contributed by atoms with E-state index in [1.165, 1.54) is 19.3 Å². The lowest BCUT2D eigenvalue weighted by Crippen LogP contribution is -2.30. The smallest absolute Gasteiger partial charge is 0.179 e. The third-order valence-corrected chi connectivity index (χ3v) is 3.76. The Kier molecular flexibility index (Phi) is 2.93. The Labute approximate surface area is 85.3 Å². The van der Waals surface area contributed by atoms with Gasteiger partial charge in [0.05, 0.1) is 0 Å². The predicted molar refractivity (Wildman–Crippen MR) is 53.2 cm³/mol. The number of aliphatic hydroxyl groups is 1. The molecule has 0 aromatic rings. The van der Waals surface area contributed by atoms with Gasteiger partial charge in [-0.3, -0.25) is 0 Å². The highest BCUT2D eigenvalue weighted by atomic mass is 16.3. The Morgan fingerprint density at radius 3 is 2.64 bits per heavy atom. The minimum absolute atomic E-state index is 0.345. The highest BCUT2D eigenvalue weighted by molar-refractivity contribution is 4.94. The van der Waals surface area contributed by atoms with Crippen LogP contribution in [0.4, 0.5) is 0 Å². The van der Waals surface area contributed by atoms with Gasteiger partial charge in [0.1, 0.15) is 0 Å². The first-order valence-electron chi connectivity index (χ1n) is 5.60. The highest BCUT2D eigenvalue weighted by Gasteiger charge is 2.42. The molecule has 1 heterocycles. The van der Waals surface area contributed by atoms with Gasteiger partial charge in [0, 0.05) is 19.7 Å². The average Bonchev–Trinajstić information content (AvgIpc) is 2.98. The molecule has 78 valence electrons. The lowest BCUT2D eigenvalue weighted by Gasteiger charge is -2.28. The lowest BCUT2D eigenvalue weighted by molar-refractivity contribution is 0.219. The second-order valence-corrected chi connectivity index (χ2v) is 4.60. The van der Waals surface area contributed by atoms with Gasteiger partial charge in [-0.05, 0) is 43.4 Å². The molecule has 1 aliphatic carbocycles. The summed E-state index contributed by atoms with van der Waals surface area (Å²) in [5.41, 5.74) is 0. The Balaban J connectivity index is 1.73. The first kappa shape index (κ1) is 9.79. The van der Waals surface area contributed by atoms with Crippen molar-refractivity contribution in [2.75, 3.05) is 19.7 Å². The monoisotopic (exact) mass is 194 g/mol. The van der Waals surface area contributed by atoms with E-state index in [2.05, 4.69) is 6.19 Å². The van der Waals surface area contributed by atoms with Crippen LogP contribution in [0.15, 0.2) is 0 Å². The molecule has 0 amide bonds. The summed E-state index contributed by atoms with van der Waals surface area (Å²) in [5, 5.41) is 17.5. The molecule has 2 rings (SSSR count). The molecule has 0 spiro atoms. The molecule has 1 N–H and O–H groups in total. The van der Waals surface area contributed by atoms with E-state index in [1.807, 2.05) is 4.90 Å². The van der Waals surface area contributed by atoms with Crippen LogP contribution in [-0.2, 0) is 0 Å². The molecule has 1 unspecified atom stereocenters. The molecule has 0 radical (unpaired) electrons. The van der Waals surface area contributed by atoms with Gasteiger partial charge in [0.2, 0.25) is 0 Å². The zero-order valence-electron chi connectivity index (χ0n) is 8.52. The van der Waals surface area contributed by atoms with Gasteiger partial charge >= 0.3 is 0 Å². The third kappa shape index (κ3) is 2.01. The Bertz CT molecular complexity index is 228. The van der Waals surface area contributed by atoms with Gasteiger partial charge in [-0.1, -0.05) is 0 Å². The number of nitrogens with zero attached hydrogens (tertiary/aromatic N) is 2. The van der Waals surface area contributed by atoms with Crippen LogP contribution in [0.1, 0.15) is 25.7 Å². The lowest BCUT2D eigenvalue weighted by atomic mass is 9.91. The van der Waals surface area contributed by atoms with E-state index in [9.17, 15) is 0 Å². The second kappa shape index (κ2) is 4.18. The summed E-state index contributed by atoms with van der Waals surface area (Å²) in [4.78, 5) is 1.86. The zero-order valence-corrected chi connectivity index (χ0v) is 8.52. The molecule has 1 saturated carbocycles. The van der Waals surface area contributed by atoms with Crippen LogP contribution in [0.25, 0.3) is 0 Å². The summed E-state index contributed by atoms with van der Waals surface area (Å²) in [7, 11) is 0. The molecule has 3 heteroatoms. The SMILES string of the molecule is N#CN1CCC([C@H]2CC2CCO)CC1. The van der Waals surface area contributed by atoms with Crippen LogP contribution in [0.3, 0.4) is 0 Å². The third-order valence-electron chi connectivity index (χ3n) is 3.76. The van der Waals surface area contributed by atoms with Crippen LogP contribution in [0.2, 0.25) is 0 Å². The number of nitriles is 1. The number of hydrogen-bond donors (Lipinski definition) is 1. The molecule has 1 saturated heterocycles. The average molecular weight is 194 g/mol. The Hall–Kier alpha value is -0.750. The zero-order chi connectivity index (χ0) is 9.97. The first-order valence-corrected chi connectivity index (χ1v) is 5.60. The van der Waals surface area contributed by atoms with Gasteiger partial charge < -0.3 is 10.0 Å². The maximum Gasteiger partial charge on any atom is 0.179 e. The van der Waals surface area contributed by atoms with E-state index in [4.69, 9.17) is 10.4 Å². The van der Waals surface area contributed by atoms with Gasteiger partial charge in [0.15, 0.2) is 6.19 Å². The summed E-state index contributed by atoms with van der Waals surface area (Å²) in [6.07, 6.45) is 6.88. The summed E-state index contributed by atoms with van der Waals surface area (Å²) in [5.74, 6) is 2.48. The first-order chi connectivity index (χ1) is 6.85. The number of likely N-dealkylation sites (tertiary alicyclic amines) is 1. The fourth-order valence-electron chi connectivity index (χ4n) is 2.77. The molecule has 2 aliphatic rings. The topological polar surface area (TPSA) is 47.3 Å². The van der Waals surface area contributed by atoms with E-state index in [0.717, 1.165) is 37.3 Å². The second-order valence-electron chi connectivity index (χ2n) is 4.60. The van der Waals surface area contributed by atoms with Crippen LogP contribution >= 0.6 is 0 Å². The van der Waals surface area contributed by atoms with E-state index >= 15 is 0 Å². The van der Waals surface area contributed by atoms with Gasteiger partial charge in [-0.15, -0.1) is 0 Å². The molecule has 14 heavy (non-hydrogen) atoms. The van der Waals surface area contributed by atoms with E-state index < -0.39 is 0 Å². The van der Waals surface area contributed by atoms with Gasteiger partial charge in [-0.2, -0.15) is 5.26 Å². The van der Waals surface area contributed by atoms with Crippen molar-refractivity contribution < 1.29 is 5.11 Å². The summed E-state index contributed by atoms with van der Waals surface area (Å²) in [6.45, 7) is 2.24.